The predicted molar refractivity (Wildman–Crippen MR) is 412 cm³/mol. The maximum atomic E-state index is 15.6. The van der Waals surface area contributed by atoms with E-state index in [4.69, 9.17) is 104 Å². The first-order valence-corrected chi connectivity index (χ1v) is 38.2. The molecule has 42 heteroatoms. The second-order valence-corrected chi connectivity index (χ2v) is 27.8. The van der Waals surface area contributed by atoms with Crippen molar-refractivity contribution in [2.24, 2.45) is 0 Å². The Balaban J connectivity index is 3.00. The fourth-order valence-electron chi connectivity index (χ4n) is 10.6. The van der Waals surface area contributed by atoms with Crippen LogP contribution in [0.3, 0.4) is 0 Å². The summed E-state index contributed by atoms with van der Waals surface area (Å²) < 4.78 is 121. The second kappa shape index (κ2) is 60.2. The van der Waals surface area contributed by atoms with Crippen LogP contribution in [0.25, 0.3) is 10.9 Å². The minimum Gasteiger partial charge on any atom is -0.469 e. The first kappa shape index (κ1) is 106. The molecule has 0 saturated heterocycles. The van der Waals surface area contributed by atoms with Gasteiger partial charge in [-0.2, -0.15) is 0 Å². The predicted octanol–water partition coefficient (Wildman–Crippen LogP) is 0.461. The van der Waals surface area contributed by atoms with Crippen molar-refractivity contribution >= 4 is 94.3 Å². The summed E-state index contributed by atoms with van der Waals surface area (Å²) in [6.07, 6.45) is -2.91. The van der Waals surface area contributed by atoms with Gasteiger partial charge in [-0.1, -0.05) is 18.2 Å². The number of amides is 5. The first-order valence-electron chi connectivity index (χ1n) is 38.2. The molecule has 6 N–H and O–H groups in total. The van der Waals surface area contributed by atoms with Gasteiger partial charge in [0.15, 0.2) is 0 Å². The largest absolute Gasteiger partial charge is 0.469 e. The number of aromatic nitrogens is 1. The van der Waals surface area contributed by atoms with Crippen LogP contribution in [0.15, 0.2) is 30.5 Å². The highest BCUT2D eigenvalue weighted by Gasteiger charge is 2.41. The molecule has 0 unspecified atom stereocenters. The number of esters is 9. The van der Waals surface area contributed by atoms with E-state index in [1.54, 1.807) is 51.2 Å². The average molecular weight is 1710 g/mol. The van der Waals surface area contributed by atoms with Crippen molar-refractivity contribution in [1.82, 2.24) is 31.6 Å². The number of carbonyl (C=O) groups excluding carboxylic acids is 14. The summed E-state index contributed by atoms with van der Waals surface area (Å²) in [4.78, 5) is 186. The van der Waals surface area contributed by atoms with Crippen LogP contribution in [-0.4, -0.2) is 345 Å². The van der Waals surface area contributed by atoms with Crippen LogP contribution in [0.1, 0.15) is 103 Å². The molecule has 0 radical (unpaired) electrons. The number of ether oxygens (including phenoxy) is 22. The van der Waals surface area contributed by atoms with E-state index in [0.29, 0.717) is 16.5 Å². The van der Waals surface area contributed by atoms with Gasteiger partial charge in [-0.05, 0) is 32.4 Å². The third-order valence-electron chi connectivity index (χ3n) is 16.8. The van der Waals surface area contributed by atoms with E-state index in [-0.39, 0.29) is 183 Å². The molecule has 0 fully saturated rings. The quantitative estimate of drug-likeness (QED) is 0.0298. The molecular weight excluding hydrogens is 1580 g/mol. The molecule has 0 bridgehead atoms. The summed E-state index contributed by atoms with van der Waals surface area (Å²) in [5.41, 5.74) is -6.68. The molecule has 1 aromatic heterocycles. The molecule has 0 aliphatic rings. The standard InChI is InChI=1S/C77H122N6O36/c1-73(2,3)119-72(97)79-58(41-55-42-78-57-16-14-13-15-56(55)57)71(96)83-77(52-107-29-17-59(84)80-74(43-110-32-20-62(87)98-4,44-111-33-21-63(88)99-5)45-112-34-22-64(89)100-6,53-108-30-18-60(85)81-75(46-113-35-23-65(90)101-7,47-114-36-24-66(91)102-8)48-115-37-25-67(92)103-9)54-109-31-19-61(86)82-76(49-116-38-26-68(93)104-10,50-117-39-27-69(94)105-11)51-118-40-28-70(95)106-12/h13-16,42,58,78H,17-41,43-54H2,1-12H3,(H,79,97)(H,80,84)(H,81,85)(H,82,86)(H,83,96)/t58-/m0/s1. The van der Waals surface area contributed by atoms with Crippen molar-refractivity contribution in [3.8, 4) is 0 Å². The number of methoxy groups -OCH3 is 9. The van der Waals surface area contributed by atoms with Gasteiger partial charge in [-0.3, -0.25) is 62.3 Å². The number of benzene rings is 1. The number of rotatable bonds is 68. The van der Waals surface area contributed by atoms with Gasteiger partial charge in [0.25, 0.3) is 0 Å². The molecule has 1 heterocycles. The lowest BCUT2D eigenvalue weighted by Gasteiger charge is -2.36. The molecule has 0 spiro atoms. The van der Waals surface area contributed by atoms with Crippen LogP contribution in [-0.2, 0) is 173 Å². The van der Waals surface area contributed by atoms with Gasteiger partial charge < -0.3 is 136 Å². The van der Waals surface area contributed by atoms with Gasteiger partial charge in [0, 0.05) is 42.8 Å². The fraction of sp³-hybridized carbons (Fsp3) is 0.714. The van der Waals surface area contributed by atoms with Crippen LogP contribution in [0.4, 0.5) is 4.79 Å². The topological polar surface area (TPSA) is 518 Å². The molecule has 2 rings (SSSR count). The smallest absolute Gasteiger partial charge is 0.408 e. The van der Waals surface area contributed by atoms with Crippen LogP contribution in [0.5, 0.6) is 0 Å². The third-order valence-corrected chi connectivity index (χ3v) is 16.8. The average Bonchev–Trinajstić information content (AvgIpc) is 1.67. The lowest BCUT2D eigenvalue weighted by Crippen LogP contribution is -2.63. The van der Waals surface area contributed by atoms with E-state index in [1.165, 1.54) is 64.0 Å². The highest BCUT2D eigenvalue weighted by Crippen LogP contribution is 2.22. The van der Waals surface area contributed by atoms with Crippen molar-refractivity contribution in [2.75, 3.05) is 223 Å². The highest BCUT2D eigenvalue weighted by atomic mass is 16.6. The molecule has 2 aromatic rings. The Bertz CT molecular complexity index is 2980. The maximum absolute atomic E-state index is 15.6. The molecule has 0 aliphatic heterocycles. The zero-order valence-electron chi connectivity index (χ0n) is 70.3. The Morgan fingerprint density at radius 1 is 0.311 bits per heavy atom. The van der Waals surface area contributed by atoms with Gasteiger partial charge in [0.2, 0.25) is 23.6 Å². The maximum Gasteiger partial charge on any atom is 0.408 e. The summed E-state index contributed by atoms with van der Waals surface area (Å²) in [5, 5.41) is 14.9. The van der Waals surface area contributed by atoms with E-state index in [9.17, 15) is 62.3 Å². The van der Waals surface area contributed by atoms with E-state index in [0.717, 1.165) is 0 Å². The number of carbonyl (C=O) groups is 14. The Morgan fingerprint density at radius 3 is 0.756 bits per heavy atom. The Morgan fingerprint density at radius 2 is 0.529 bits per heavy atom. The molecule has 42 nitrogen and oxygen atoms in total. The fourth-order valence-corrected chi connectivity index (χ4v) is 10.6. The molecule has 1 atom stereocenters. The highest BCUT2D eigenvalue weighted by molar-refractivity contribution is 5.89. The number of hydrogen-bond acceptors (Lipinski definition) is 36. The lowest BCUT2D eigenvalue weighted by molar-refractivity contribution is -0.145. The Labute approximate surface area is 691 Å². The molecule has 1 aromatic carbocycles. The van der Waals surface area contributed by atoms with E-state index < -0.39 is 176 Å². The number of hydrogen-bond donors (Lipinski definition) is 6. The van der Waals surface area contributed by atoms with E-state index in [1.807, 2.05) is 0 Å². The molecule has 0 aliphatic carbocycles. The van der Waals surface area contributed by atoms with Crippen molar-refractivity contribution in [3.63, 3.8) is 0 Å². The molecule has 0 saturated carbocycles. The van der Waals surface area contributed by atoms with Crippen molar-refractivity contribution in [2.45, 2.75) is 138 Å². The Hall–Kier alpha value is -9.34. The van der Waals surface area contributed by atoms with Gasteiger partial charge >= 0.3 is 59.8 Å². The first-order chi connectivity index (χ1) is 56.8. The van der Waals surface area contributed by atoms with Gasteiger partial charge in [0.05, 0.1) is 280 Å². The number of para-hydroxylation sites is 1. The number of H-pyrrole nitrogens is 1. The number of nitrogens with one attached hydrogen (secondary N) is 6. The van der Waals surface area contributed by atoms with E-state index in [2.05, 4.69) is 31.6 Å². The number of aromatic amines is 1. The van der Waals surface area contributed by atoms with Gasteiger partial charge in [-0.25, -0.2) is 4.79 Å². The monoisotopic (exact) mass is 1710 g/mol. The minimum absolute atomic E-state index is 0.193. The van der Waals surface area contributed by atoms with Crippen molar-refractivity contribution in [1.29, 1.82) is 0 Å². The normalized spacial score (nSPS) is 11.9. The SMILES string of the molecule is COC(=O)CCOCC(COCCC(=O)OC)(COCCC(=O)OC)NC(=O)CCOCC(COCCC(=O)NC(COCCC(=O)OC)(COCCC(=O)OC)COCCC(=O)OC)(COCCC(=O)NC(COCCC(=O)OC)(COCCC(=O)OC)COCCC(=O)OC)NC(=O)[C@H](Cc1c[nH]c2ccccc12)NC(=O)OC(C)(C)C. The zero-order chi connectivity index (χ0) is 88.4. The summed E-state index contributed by atoms with van der Waals surface area (Å²) in [7, 11) is 10.6. The lowest BCUT2D eigenvalue weighted by atomic mass is 9.99. The third kappa shape index (κ3) is 47.3. The zero-order valence-corrected chi connectivity index (χ0v) is 70.3. The van der Waals surface area contributed by atoms with Gasteiger partial charge in [0.1, 0.15) is 33.8 Å². The van der Waals surface area contributed by atoms with Crippen molar-refractivity contribution < 1.29 is 171 Å². The molecule has 676 valence electrons. The summed E-state index contributed by atoms with van der Waals surface area (Å²) in [6.45, 7) is -3.92. The van der Waals surface area contributed by atoms with Crippen LogP contribution < -0.4 is 26.6 Å². The molecule has 5 amide bonds. The minimum atomic E-state index is -2.00. The number of alkyl carbamates (subject to hydrolysis) is 1. The molecular formula is C77H122N6O36. The second-order valence-electron chi connectivity index (χ2n) is 27.8. The van der Waals surface area contributed by atoms with Gasteiger partial charge in [-0.15, -0.1) is 0 Å². The Kier molecular flexibility index (Phi) is 53.5. The summed E-state index contributed by atoms with van der Waals surface area (Å²) in [6, 6.07) is 5.65. The van der Waals surface area contributed by atoms with Crippen LogP contribution >= 0.6 is 0 Å². The molecule has 119 heavy (non-hydrogen) atoms. The van der Waals surface area contributed by atoms with Crippen LogP contribution in [0.2, 0.25) is 0 Å². The van der Waals surface area contributed by atoms with E-state index >= 15 is 4.79 Å². The number of fused-ring (bicyclic) bond motifs is 1. The summed E-state index contributed by atoms with van der Waals surface area (Å²) in [5.74, 6) is -8.68. The van der Waals surface area contributed by atoms with Crippen LogP contribution in [0, 0.1) is 0 Å². The summed E-state index contributed by atoms with van der Waals surface area (Å²) >= 11 is 0. The van der Waals surface area contributed by atoms with Crippen molar-refractivity contribution in [3.05, 3.63) is 36.0 Å².